The second kappa shape index (κ2) is 16.5. The van der Waals surface area contributed by atoms with E-state index >= 15 is 8.78 Å². The van der Waals surface area contributed by atoms with Gasteiger partial charge in [-0.05, 0) is 30.5 Å². The molecule has 9 nitrogen and oxygen atoms in total. The van der Waals surface area contributed by atoms with Crippen molar-refractivity contribution in [3.05, 3.63) is 70.7 Å². The highest BCUT2D eigenvalue weighted by atomic mass is 35.5. The van der Waals surface area contributed by atoms with Crippen molar-refractivity contribution in [2.24, 2.45) is 5.92 Å². The number of aliphatic hydroxyl groups excluding tert-OH is 1. The molecule has 1 aliphatic heterocycles. The van der Waals surface area contributed by atoms with Crippen LogP contribution in [0.5, 0.6) is 0 Å². The van der Waals surface area contributed by atoms with Gasteiger partial charge in [-0.3, -0.25) is 9.59 Å². The van der Waals surface area contributed by atoms with Crippen LogP contribution < -0.4 is 16.0 Å². The van der Waals surface area contributed by atoms with Crippen LogP contribution in [-0.2, 0) is 20.2 Å². The number of ether oxygens (including phenoxy) is 1. The van der Waals surface area contributed by atoms with E-state index in [0.29, 0.717) is 13.0 Å². The van der Waals surface area contributed by atoms with Crippen molar-refractivity contribution in [2.75, 3.05) is 13.1 Å². The molecule has 0 aromatic heterocycles. The van der Waals surface area contributed by atoms with Crippen LogP contribution >= 0.6 is 11.6 Å². The number of aliphatic hydroxyl groups is 1. The highest BCUT2D eigenvalue weighted by Crippen LogP contribution is 2.43. The van der Waals surface area contributed by atoms with Crippen molar-refractivity contribution in [1.82, 2.24) is 16.0 Å². The van der Waals surface area contributed by atoms with Crippen molar-refractivity contribution in [3.63, 3.8) is 0 Å². The van der Waals surface area contributed by atoms with Gasteiger partial charge in [-0.25, -0.2) is 4.79 Å². The molecule has 0 aliphatic carbocycles. The van der Waals surface area contributed by atoms with Crippen molar-refractivity contribution < 1.29 is 33.0 Å². The molecule has 3 rings (SSSR count). The fourth-order valence-corrected chi connectivity index (χ4v) is 4.11. The van der Waals surface area contributed by atoms with Crippen LogP contribution in [0.1, 0.15) is 56.8 Å². The summed E-state index contributed by atoms with van der Waals surface area (Å²) in [5.74, 6) is -5.23. The number of carbonyl (C=O) groups excluding carboxylic acids is 3. The van der Waals surface area contributed by atoms with Gasteiger partial charge < -0.3 is 25.8 Å². The lowest BCUT2D eigenvalue weighted by atomic mass is 9.95. The van der Waals surface area contributed by atoms with Gasteiger partial charge in [0.1, 0.15) is 6.54 Å². The second-order valence-electron chi connectivity index (χ2n) is 9.44. The maximum atomic E-state index is 15.4. The first-order chi connectivity index (χ1) is 19.5. The number of benzene rings is 2. The van der Waals surface area contributed by atoms with Gasteiger partial charge in [0.05, 0.1) is 12.1 Å². The Kier molecular flexibility index (Phi) is 13.5. The number of alkyl halides is 2. The van der Waals surface area contributed by atoms with E-state index in [1.165, 1.54) is 49.2 Å². The number of nitrogens with zero attached hydrogens (tertiary/aromatic N) is 1. The Balaban J connectivity index is 0.00000138. The number of rotatable bonds is 11. The van der Waals surface area contributed by atoms with Gasteiger partial charge in [0.2, 0.25) is 11.8 Å². The fourth-order valence-electron chi connectivity index (χ4n) is 3.92. The quantitative estimate of drug-likeness (QED) is 0.281. The number of alkyl carbamates (subject to hydrolysis) is 1. The largest absolute Gasteiger partial charge is 0.434 e. The summed E-state index contributed by atoms with van der Waals surface area (Å²) < 4.78 is 35.9. The van der Waals surface area contributed by atoms with Gasteiger partial charge in [0, 0.05) is 23.0 Å². The third-order valence-electron chi connectivity index (χ3n) is 6.32. The van der Waals surface area contributed by atoms with Crippen LogP contribution in [0.25, 0.3) is 0 Å². The van der Waals surface area contributed by atoms with Crippen LogP contribution in [0.4, 0.5) is 13.6 Å². The zero-order valence-electron chi connectivity index (χ0n) is 22.9. The Bertz CT molecular complexity index is 1190. The Morgan fingerprint density at radius 2 is 1.88 bits per heavy atom. The number of halogens is 3. The Hall–Kier alpha value is -3.75. The molecule has 0 saturated carbocycles. The molecule has 222 valence electrons. The van der Waals surface area contributed by atoms with Crippen LogP contribution in [-0.4, -0.2) is 48.2 Å². The summed E-state index contributed by atoms with van der Waals surface area (Å²) in [7, 11) is 0. The topological polar surface area (TPSA) is 141 Å². The van der Waals surface area contributed by atoms with E-state index in [1.54, 1.807) is 12.1 Å². The monoisotopic (exact) mass is 592 g/mol. The molecule has 41 heavy (non-hydrogen) atoms. The molecule has 1 aliphatic rings. The number of amides is 3. The van der Waals surface area contributed by atoms with Crippen LogP contribution in [0.2, 0.25) is 5.02 Å². The fraction of sp³-hybridized carbons (Fsp3) is 0.448. The van der Waals surface area contributed by atoms with Crippen molar-refractivity contribution in [3.8, 4) is 6.07 Å². The predicted molar refractivity (Wildman–Crippen MR) is 149 cm³/mol. The first-order valence-electron chi connectivity index (χ1n) is 13.3. The van der Waals surface area contributed by atoms with Gasteiger partial charge in [-0.15, -0.1) is 0 Å². The molecule has 2 aromatic rings. The average molecular weight is 593 g/mol. The molecule has 2 aromatic carbocycles. The highest BCUT2D eigenvalue weighted by Gasteiger charge is 2.45. The highest BCUT2D eigenvalue weighted by molar-refractivity contribution is 6.30. The number of nitrogens with one attached hydrogen (secondary N) is 3. The average Bonchev–Trinajstić information content (AvgIpc) is 3.38. The molecule has 0 bridgehead atoms. The standard InChI is InChI=1S/C25H25ClF2N4O5.C4H10/c26-18-8-4-7-17(12-18)25(27,28)22(15-5-2-1-3-6-15)37-24(36)31-14-21(34)32-19(20(33)13-29)11-16-9-10-30-23(16)35;1-3-4-2/h1-8,12,16,19-20,22,33H,9-11,14H2,(H,30,35)(H,31,36)(H,32,34);3-4H2,1-2H3. The molecule has 4 unspecified atom stereocenters. The normalized spacial score (nSPS) is 16.6. The molecule has 1 saturated heterocycles. The first-order valence-corrected chi connectivity index (χ1v) is 13.7. The number of hydrogen-bond donors (Lipinski definition) is 4. The van der Waals surface area contributed by atoms with E-state index in [2.05, 4.69) is 29.8 Å². The van der Waals surface area contributed by atoms with E-state index < -0.39 is 54.2 Å². The molecule has 1 heterocycles. The van der Waals surface area contributed by atoms with Crippen molar-refractivity contribution in [1.29, 1.82) is 5.26 Å². The Morgan fingerprint density at radius 1 is 1.20 bits per heavy atom. The maximum absolute atomic E-state index is 15.4. The first kappa shape index (κ1) is 33.5. The third-order valence-corrected chi connectivity index (χ3v) is 6.56. The zero-order valence-corrected chi connectivity index (χ0v) is 23.7. The summed E-state index contributed by atoms with van der Waals surface area (Å²) in [4.78, 5) is 36.6. The minimum atomic E-state index is -3.67. The minimum absolute atomic E-state index is 0.0126. The van der Waals surface area contributed by atoms with E-state index in [0.717, 1.165) is 12.1 Å². The summed E-state index contributed by atoms with van der Waals surface area (Å²) in [5.41, 5.74) is -0.456. The summed E-state index contributed by atoms with van der Waals surface area (Å²) in [5, 5.41) is 26.2. The van der Waals surface area contributed by atoms with Gasteiger partial charge in [0.15, 0.2) is 12.2 Å². The predicted octanol–water partition coefficient (Wildman–Crippen LogP) is 4.60. The lowest BCUT2D eigenvalue weighted by molar-refractivity contribution is -0.125. The minimum Gasteiger partial charge on any atom is -0.434 e. The van der Waals surface area contributed by atoms with Crippen molar-refractivity contribution >= 4 is 29.5 Å². The van der Waals surface area contributed by atoms with Crippen LogP contribution in [0.15, 0.2) is 54.6 Å². The number of carbonyl (C=O) groups is 3. The smallest absolute Gasteiger partial charge is 0.408 e. The van der Waals surface area contributed by atoms with Gasteiger partial charge in [-0.1, -0.05) is 80.8 Å². The summed E-state index contributed by atoms with van der Waals surface area (Å²) in [6.45, 7) is 4.12. The van der Waals surface area contributed by atoms with Gasteiger partial charge in [-0.2, -0.15) is 14.0 Å². The SMILES string of the molecule is CCCC.N#CC(O)C(CC1CCNC1=O)NC(=O)CNC(=O)OC(c1ccccc1)C(F)(F)c1cccc(Cl)c1. The number of hydrogen-bond acceptors (Lipinski definition) is 6. The Labute approximate surface area is 243 Å². The number of nitriles is 1. The zero-order chi connectivity index (χ0) is 30.4. The lowest BCUT2D eigenvalue weighted by Gasteiger charge is -2.27. The summed E-state index contributed by atoms with van der Waals surface area (Å²) >= 11 is 5.87. The molecule has 0 radical (unpaired) electrons. The van der Waals surface area contributed by atoms with Crippen LogP contribution in [0, 0.1) is 17.2 Å². The molecule has 4 atom stereocenters. The molecule has 1 fully saturated rings. The lowest BCUT2D eigenvalue weighted by Crippen LogP contribution is -2.48. The van der Waals surface area contributed by atoms with E-state index in [-0.39, 0.29) is 22.9 Å². The number of unbranched alkanes of at least 4 members (excludes halogenated alkanes) is 1. The summed E-state index contributed by atoms with van der Waals surface area (Å²) in [6, 6.07) is 12.9. The van der Waals surface area contributed by atoms with Crippen LogP contribution in [0.3, 0.4) is 0 Å². The molecule has 3 amide bonds. The molecule has 0 spiro atoms. The van der Waals surface area contributed by atoms with Gasteiger partial charge in [0.25, 0.3) is 0 Å². The van der Waals surface area contributed by atoms with Gasteiger partial charge >= 0.3 is 12.0 Å². The maximum Gasteiger partial charge on any atom is 0.408 e. The molecular formula is C29H35ClF2N4O5. The molecule has 12 heteroatoms. The third kappa shape index (κ3) is 10.3. The summed E-state index contributed by atoms with van der Waals surface area (Å²) in [6.07, 6.45) is -1.79. The second-order valence-corrected chi connectivity index (χ2v) is 9.88. The molecule has 4 N–H and O–H groups in total. The molecular weight excluding hydrogens is 558 g/mol. The van der Waals surface area contributed by atoms with Crippen molar-refractivity contribution in [2.45, 2.75) is 63.7 Å². The Morgan fingerprint density at radius 3 is 2.44 bits per heavy atom. The van der Waals surface area contributed by atoms with E-state index in [1.807, 2.05) is 0 Å². The van der Waals surface area contributed by atoms with E-state index in [9.17, 15) is 19.5 Å². The van der Waals surface area contributed by atoms with E-state index in [4.69, 9.17) is 21.6 Å².